The highest BCUT2D eigenvalue weighted by atomic mass is 32.2. The third kappa shape index (κ3) is 1.86. The highest BCUT2D eigenvalue weighted by Crippen LogP contribution is 2.41. The number of ether oxygens (including phenoxy) is 1. The van der Waals surface area contributed by atoms with Crippen LogP contribution >= 0.6 is 11.8 Å². The predicted octanol–water partition coefficient (Wildman–Crippen LogP) is 2.48. The molecule has 0 radical (unpaired) electrons. The van der Waals surface area contributed by atoms with Crippen LogP contribution in [0.25, 0.3) is 0 Å². The second-order valence-corrected chi connectivity index (χ2v) is 4.22. The third-order valence-corrected chi connectivity index (χ3v) is 2.94. The number of para-hydroxylation sites is 1. The molecule has 0 aliphatic carbocycles. The Morgan fingerprint density at radius 3 is 3.00 bits per heavy atom. The fourth-order valence-electron chi connectivity index (χ4n) is 1.27. The van der Waals surface area contributed by atoms with Gasteiger partial charge in [0.2, 0.25) is 0 Å². The van der Waals surface area contributed by atoms with Gasteiger partial charge in [0.1, 0.15) is 11.5 Å². The first kappa shape index (κ1) is 8.63. The standard InChI is InChI=1S/C10H10O2S/c1-7(11)6-10-12-8-4-2-3-5-9(8)13-10/h2-5,10H,6H2,1H3. The lowest BCUT2D eigenvalue weighted by atomic mass is 10.3. The van der Waals surface area contributed by atoms with Crippen LogP contribution in [0.4, 0.5) is 0 Å². The molecule has 2 nitrogen and oxygen atoms in total. The zero-order valence-electron chi connectivity index (χ0n) is 7.32. The molecule has 3 heteroatoms. The molecule has 1 aromatic carbocycles. The highest BCUT2D eigenvalue weighted by Gasteiger charge is 2.23. The number of hydrogen-bond acceptors (Lipinski definition) is 3. The van der Waals surface area contributed by atoms with E-state index < -0.39 is 0 Å². The van der Waals surface area contributed by atoms with E-state index in [4.69, 9.17) is 4.74 Å². The zero-order chi connectivity index (χ0) is 9.26. The summed E-state index contributed by atoms with van der Waals surface area (Å²) in [4.78, 5) is 12.0. The molecule has 1 aromatic rings. The Morgan fingerprint density at radius 1 is 1.54 bits per heavy atom. The Morgan fingerprint density at radius 2 is 2.31 bits per heavy atom. The first-order valence-corrected chi connectivity index (χ1v) is 5.05. The Labute approximate surface area is 81.3 Å². The van der Waals surface area contributed by atoms with Crippen LogP contribution in [0.15, 0.2) is 29.2 Å². The van der Waals surface area contributed by atoms with Crippen molar-refractivity contribution in [1.82, 2.24) is 0 Å². The van der Waals surface area contributed by atoms with Crippen LogP contribution in [0.3, 0.4) is 0 Å². The number of rotatable bonds is 2. The summed E-state index contributed by atoms with van der Waals surface area (Å²) in [6.45, 7) is 1.59. The number of thioether (sulfide) groups is 1. The molecule has 1 aliphatic heterocycles. The summed E-state index contributed by atoms with van der Waals surface area (Å²) >= 11 is 1.62. The molecule has 2 rings (SSSR count). The number of fused-ring (bicyclic) bond motifs is 1. The first-order valence-electron chi connectivity index (χ1n) is 4.17. The monoisotopic (exact) mass is 194 g/mol. The molecule has 0 bridgehead atoms. The van der Waals surface area contributed by atoms with Crippen LogP contribution in [0.2, 0.25) is 0 Å². The summed E-state index contributed by atoms with van der Waals surface area (Å²) in [5.74, 6) is 1.07. The van der Waals surface area contributed by atoms with E-state index in [1.54, 1.807) is 18.7 Å². The Bertz CT molecular complexity index is 310. The lowest BCUT2D eigenvalue weighted by Crippen LogP contribution is -2.10. The van der Waals surface area contributed by atoms with Gasteiger partial charge in [0, 0.05) is 0 Å². The van der Waals surface area contributed by atoms with Crippen LogP contribution in [-0.2, 0) is 4.79 Å². The highest BCUT2D eigenvalue weighted by molar-refractivity contribution is 8.00. The largest absolute Gasteiger partial charge is 0.478 e. The summed E-state index contributed by atoms with van der Waals surface area (Å²) in [5.41, 5.74) is -0.0186. The SMILES string of the molecule is CC(=O)CC1Oc2ccccc2S1. The van der Waals surface area contributed by atoms with Crippen molar-refractivity contribution in [3.8, 4) is 5.75 Å². The molecule has 1 heterocycles. The normalized spacial score (nSPS) is 19.3. The zero-order valence-corrected chi connectivity index (χ0v) is 8.14. The lowest BCUT2D eigenvalue weighted by molar-refractivity contribution is -0.117. The number of carbonyl (C=O) groups excluding carboxylic acids is 1. The lowest BCUT2D eigenvalue weighted by Gasteiger charge is -2.05. The van der Waals surface area contributed by atoms with E-state index >= 15 is 0 Å². The van der Waals surface area contributed by atoms with Crippen LogP contribution in [-0.4, -0.2) is 11.2 Å². The van der Waals surface area contributed by atoms with Gasteiger partial charge in [-0.15, -0.1) is 0 Å². The minimum atomic E-state index is -0.0186. The van der Waals surface area contributed by atoms with Crippen molar-refractivity contribution in [2.75, 3.05) is 0 Å². The Kier molecular flexibility index (Phi) is 2.27. The first-order chi connectivity index (χ1) is 6.25. The summed E-state index contributed by atoms with van der Waals surface area (Å²) in [7, 11) is 0. The van der Waals surface area contributed by atoms with Crippen molar-refractivity contribution in [1.29, 1.82) is 0 Å². The average molecular weight is 194 g/mol. The van der Waals surface area contributed by atoms with Gasteiger partial charge >= 0.3 is 0 Å². The molecular formula is C10H10O2S. The van der Waals surface area contributed by atoms with Gasteiger partial charge in [0.25, 0.3) is 0 Å². The third-order valence-electron chi connectivity index (χ3n) is 1.82. The second-order valence-electron chi connectivity index (χ2n) is 3.02. The van der Waals surface area contributed by atoms with E-state index in [9.17, 15) is 4.79 Å². The molecule has 1 atom stereocenters. The molecule has 0 fully saturated rings. The van der Waals surface area contributed by atoms with E-state index in [2.05, 4.69) is 0 Å². The maximum atomic E-state index is 10.9. The smallest absolute Gasteiger partial charge is 0.155 e. The molecule has 0 spiro atoms. The van der Waals surface area contributed by atoms with E-state index in [1.165, 1.54) is 0 Å². The molecule has 0 saturated heterocycles. The van der Waals surface area contributed by atoms with Gasteiger partial charge in [-0.2, -0.15) is 0 Å². The van der Waals surface area contributed by atoms with Gasteiger partial charge in [-0.3, -0.25) is 4.79 Å². The maximum Gasteiger partial charge on any atom is 0.155 e. The number of carbonyl (C=O) groups is 1. The molecular weight excluding hydrogens is 184 g/mol. The van der Waals surface area contributed by atoms with Gasteiger partial charge in [-0.1, -0.05) is 23.9 Å². The van der Waals surface area contributed by atoms with Crippen LogP contribution in [0.1, 0.15) is 13.3 Å². The summed E-state index contributed by atoms with van der Waals surface area (Å²) in [6, 6.07) is 7.86. The summed E-state index contributed by atoms with van der Waals surface area (Å²) in [6.07, 6.45) is 0.485. The van der Waals surface area contributed by atoms with E-state index in [1.807, 2.05) is 24.3 Å². The van der Waals surface area contributed by atoms with Crippen molar-refractivity contribution in [3.05, 3.63) is 24.3 Å². The Balaban J connectivity index is 2.09. The number of ketones is 1. The minimum Gasteiger partial charge on any atom is -0.478 e. The fraction of sp³-hybridized carbons (Fsp3) is 0.300. The molecule has 1 aliphatic rings. The van der Waals surface area contributed by atoms with Gasteiger partial charge in [0.05, 0.1) is 11.3 Å². The predicted molar refractivity (Wildman–Crippen MR) is 52.0 cm³/mol. The maximum absolute atomic E-state index is 10.9. The average Bonchev–Trinajstić information content (AvgIpc) is 2.44. The molecule has 13 heavy (non-hydrogen) atoms. The van der Waals surface area contributed by atoms with Gasteiger partial charge in [-0.25, -0.2) is 0 Å². The molecule has 0 saturated carbocycles. The molecule has 0 amide bonds. The van der Waals surface area contributed by atoms with Gasteiger partial charge < -0.3 is 4.74 Å². The van der Waals surface area contributed by atoms with Crippen molar-refractivity contribution in [2.24, 2.45) is 0 Å². The van der Waals surface area contributed by atoms with Crippen LogP contribution in [0, 0.1) is 0 Å². The van der Waals surface area contributed by atoms with Crippen molar-refractivity contribution < 1.29 is 9.53 Å². The van der Waals surface area contributed by atoms with E-state index in [0.29, 0.717) is 6.42 Å². The fourth-order valence-corrected chi connectivity index (χ4v) is 2.41. The molecule has 0 N–H and O–H groups in total. The van der Waals surface area contributed by atoms with Gasteiger partial charge in [0.15, 0.2) is 5.44 Å². The number of benzene rings is 1. The second kappa shape index (κ2) is 3.42. The number of Topliss-reactive ketones (excluding diaryl/α,β-unsaturated/α-hetero) is 1. The van der Waals surface area contributed by atoms with Crippen LogP contribution in [0.5, 0.6) is 5.75 Å². The number of hydrogen-bond donors (Lipinski definition) is 0. The van der Waals surface area contributed by atoms with E-state index in [0.717, 1.165) is 10.6 Å². The quantitative estimate of drug-likeness (QED) is 0.723. The molecule has 68 valence electrons. The topological polar surface area (TPSA) is 26.3 Å². The molecule has 0 aromatic heterocycles. The minimum absolute atomic E-state index is 0.0186. The summed E-state index contributed by atoms with van der Waals surface area (Å²) < 4.78 is 5.56. The van der Waals surface area contributed by atoms with Gasteiger partial charge in [-0.05, 0) is 19.1 Å². The Hall–Kier alpha value is -0.960. The van der Waals surface area contributed by atoms with Crippen molar-refractivity contribution >= 4 is 17.5 Å². The van der Waals surface area contributed by atoms with Crippen molar-refractivity contribution in [3.63, 3.8) is 0 Å². The summed E-state index contributed by atoms with van der Waals surface area (Å²) in [5, 5.41) is 0. The molecule has 1 unspecified atom stereocenters. The van der Waals surface area contributed by atoms with Crippen molar-refractivity contribution in [2.45, 2.75) is 23.7 Å². The van der Waals surface area contributed by atoms with Crippen LogP contribution < -0.4 is 4.74 Å². The van der Waals surface area contributed by atoms with E-state index in [-0.39, 0.29) is 11.2 Å².